The van der Waals surface area contributed by atoms with Crippen molar-refractivity contribution >= 4 is 11.8 Å². The van der Waals surface area contributed by atoms with Gasteiger partial charge in [0.15, 0.2) is 0 Å². The number of nitrogens with zero attached hydrogens (tertiary/aromatic N) is 2. The second-order valence-electron chi connectivity index (χ2n) is 4.94. The molecule has 2 aromatic carbocycles. The van der Waals surface area contributed by atoms with Crippen LogP contribution in [0.15, 0.2) is 58.2 Å². The van der Waals surface area contributed by atoms with Crippen molar-refractivity contribution in [2.45, 2.75) is 17.9 Å². The standard InChI is InChI=1S/C18H18N2O3S/c1-3-22-16-10-5-4-9-15(16)17-19-20-18(23-17)24-12-13-7-6-8-14(11-13)21-2/h4-11H,3,12H2,1-2H3. The highest BCUT2D eigenvalue weighted by molar-refractivity contribution is 7.98. The molecule has 24 heavy (non-hydrogen) atoms. The zero-order valence-electron chi connectivity index (χ0n) is 13.6. The highest BCUT2D eigenvalue weighted by atomic mass is 32.2. The van der Waals surface area contributed by atoms with Crippen molar-refractivity contribution in [1.82, 2.24) is 10.2 Å². The number of methoxy groups -OCH3 is 1. The number of aromatic nitrogens is 2. The van der Waals surface area contributed by atoms with Gasteiger partial charge in [-0.3, -0.25) is 0 Å². The summed E-state index contributed by atoms with van der Waals surface area (Å²) in [5, 5.41) is 8.77. The van der Waals surface area contributed by atoms with E-state index in [1.54, 1.807) is 7.11 Å². The average Bonchev–Trinajstić information content (AvgIpc) is 3.10. The Hall–Kier alpha value is -2.47. The van der Waals surface area contributed by atoms with Crippen LogP contribution in [-0.2, 0) is 5.75 Å². The summed E-state index contributed by atoms with van der Waals surface area (Å²) in [6.45, 7) is 2.53. The number of hydrogen-bond acceptors (Lipinski definition) is 6. The van der Waals surface area contributed by atoms with Gasteiger partial charge in [0.25, 0.3) is 11.1 Å². The molecule has 0 bridgehead atoms. The predicted molar refractivity (Wildman–Crippen MR) is 93.5 cm³/mol. The van der Waals surface area contributed by atoms with Gasteiger partial charge in [0, 0.05) is 5.75 Å². The average molecular weight is 342 g/mol. The van der Waals surface area contributed by atoms with Crippen LogP contribution in [0.5, 0.6) is 11.5 Å². The lowest BCUT2D eigenvalue weighted by molar-refractivity contribution is 0.340. The van der Waals surface area contributed by atoms with Gasteiger partial charge in [-0.1, -0.05) is 36.0 Å². The van der Waals surface area contributed by atoms with Crippen LogP contribution in [0.1, 0.15) is 12.5 Å². The molecule has 6 heteroatoms. The lowest BCUT2D eigenvalue weighted by Gasteiger charge is -2.06. The minimum atomic E-state index is 0.465. The molecule has 1 heterocycles. The summed E-state index contributed by atoms with van der Waals surface area (Å²) in [7, 11) is 1.66. The summed E-state index contributed by atoms with van der Waals surface area (Å²) in [5.41, 5.74) is 1.94. The maximum absolute atomic E-state index is 5.76. The highest BCUT2D eigenvalue weighted by Gasteiger charge is 2.13. The number of thioether (sulfide) groups is 1. The molecular weight excluding hydrogens is 324 g/mol. The van der Waals surface area contributed by atoms with Gasteiger partial charge in [0.05, 0.1) is 19.3 Å². The van der Waals surface area contributed by atoms with Crippen LogP contribution in [-0.4, -0.2) is 23.9 Å². The van der Waals surface area contributed by atoms with Gasteiger partial charge in [-0.25, -0.2) is 0 Å². The SMILES string of the molecule is CCOc1ccccc1-c1nnc(SCc2cccc(OC)c2)o1. The Kier molecular flexibility index (Phi) is 5.38. The van der Waals surface area contributed by atoms with Gasteiger partial charge in [-0.05, 0) is 36.8 Å². The van der Waals surface area contributed by atoms with E-state index in [2.05, 4.69) is 10.2 Å². The lowest BCUT2D eigenvalue weighted by atomic mass is 10.2. The first-order chi connectivity index (χ1) is 11.8. The summed E-state index contributed by atoms with van der Waals surface area (Å²) >= 11 is 1.49. The van der Waals surface area contributed by atoms with E-state index in [9.17, 15) is 0 Å². The maximum Gasteiger partial charge on any atom is 0.277 e. The zero-order valence-corrected chi connectivity index (χ0v) is 14.4. The summed E-state index contributed by atoms with van der Waals surface area (Å²) in [5.74, 6) is 2.77. The topological polar surface area (TPSA) is 57.4 Å². The molecule has 0 unspecified atom stereocenters. The molecule has 0 spiro atoms. The third-order valence-corrected chi connectivity index (χ3v) is 4.21. The number of rotatable bonds is 7. The fourth-order valence-electron chi connectivity index (χ4n) is 2.21. The Morgan fingerprint density at radius 1 is 1.08 bits per heavy atom. The number of ether oxygens (including phenoxy) is 2. The number of hydrogen-bond donors (Lipinski definition) is 0. The molecule has 3 rings (SSSR count). The van der Waals surface area contributed by atoms with Crippen LogP contribution >= 0.6 is 11.8 Å². The molecule has 0 radical (unpaired) electrons. The van der Waals surface area contributed by atoms with Crippen LogP contribution in [0.25, 0.3) is 11.5 Å². The van der Waals surface area contributed by atoms with Crippen molar-refractivity contribution in [3.63, 3.8) is 0 Å². The van der Waals surface area contributed by atoms with Crippen molar-refractivity contribution in [2.75, 3.05) is 13.7 Å². The van der Waals surface area contributed by atoms with Gasteiger partial charge >= 0.3 is 0 Å². The third kappa shape index (κ3) is 3.89. The van der Waals surface area contributed by atoms with Crippen LogP contribution in [0.3, 0.4) is 0 Å². The van der Waals surface area contributed by atoms with Crippen LogP contribution in [0.2, 0.25) is 0 Å². The van der Waals surface area contributed by atoms with E-state index in [-0.39, 0.29) is 0 Å². The van der Waals surface area contributed by atoms with Crippen molar-refractivity contribution in [1.29, 1.82) is 0 Å². The van der Waals surface area contributed by atoms with E-state index in [1.165, 1.54) is 11.8 Å². The molecule has 0 atom stereocenters. The van der Waals surface area contributed by atoms with Crippen LogP contribution < -0.4 is 9.47 Å². The van der Waals surface area contributed by atoms with E-state index >= 15 is 0 Å². The Bertz CT molecular complexity index is 804. The van der Waals surface area contributed by atoms with Crippen LogP contribution in [0, 0.1) is 0 Å². The Labute approximate surface area is 145 Å². The van der Waals surface area contributed by atoms with Gasteiger partial charge in [-0.15, -0.1) is 10.2 Å². The smallest absolute Gasteiger partial charge is 0.277 e. The van der Waals surface area contributed by atoms with Gasteiger partial charge in [0.1, 0.15) is 11.5 Å². The first kappa shape index (κ1) is 16.4. The fourth-order valence-corrected chi connectivity index (χ4v) is 2.92. The minimum Gasteiger partial charge on any atom is -0.497 e. The molecule has 0 fully saturated rings. The summed E-state index contributed by atoms with van der Waals surface area (Å²) < 4.78 is 16.6. The van der Waals surface area contributed by atoms with Crippen molar-refractivity contribution < 1.29 is 13.9 Å². The molecule has 0 amide bonds. The molecule has 124 valence electrons. The normalized spacial score (nSPS) is 10.6. The van der Waals surface area contributed by atoms with Crippen molar-refractivity contribution in [3.8, 4) is 23.0 Å². The molecule has 5 nitrogen and oxygen atoms in total. The summed E-state index contributed by atoms with van der Waals surface area (Å²) in [4.78, 5) is 0. The molecular formula is C18H18N2O3S. The Morgan fingerprint density at radius 2 is 1.96 bits per heavy atom. The fraction of sp³-hybridized carbons (Fsp3) is 0.222. The maximum atomic E-state index is 5.76. The van der Waals surface area contributed by atoms with E-state index in [1.807, 2.05) is 55.5 Å². The van der Waals surface area contributed by atoms with Crippen molar-refractivity contribution in [2.24, 2.45) is 0 Å². The number of para-hydroxylation sites is 1. The lowest BCUT2D eigenvalue weighted by Crippen LogP contribution is -1.93. The Morgan fingerprint density at radius 3 is 2.79 bits per heavy atom. The molecule has 3 aromatic rings. The highest BCUT2D eigenvalue weighted by Crippen LogP contribution is 2.31. The zero-order chi connectivity index (χ0) is 16.8. The molecule has 0 saturated carbocycles. The van der Waals surface area contributed by atoms with Gasteiger partial charge in [-0.2, -0.15) is 0 Å². The second-order valence-corrected chi connectivity index (χ2v) is 5.87. The largest absolute Gasteiger partial charge is 0.497 e. The van der Waals surface area contributed by atoms with E-state index in [4.69, 9.17) is 13.9 Å². The molecule has 1 aromatic heterocycles. The van der Waals surface area contributed by atoms with Gasteiger partial charge < -0.3 is 13.9 Å². The Balaban J connectivity index is 1.72. The van der Waals surface area contributed by atoms with E-state index in [0.29, 0.717) is 17.7 Å². The summed E-state index contributed by atoms with van der Waals surface area (Å²) in [6, 6.07) is 15.6. The molecule has 0 saturated heterocycles. The third-order valence-electron chi connectivity index (χ3n) is 3.32. The first-order valence-electron chi connectivity index (χ1n) is 7.61. The molecule has 0 N–H and O–H groups in total. The molecule has 0 aliphatic rings. The summed E-state index contributed by atoms with van der Waals surface area (Å²) in [6.07, 6.45) is 0. The predicted octanol–water partition coefficient (Wildman–Crippen LogP) is 4.44. The minimum absolute atomic E-state index is 0.465. The molecule has 0 aliphatic carbocycles. The van der Waals surface area contributed by atoms with Gasteiger partial charge in [0.2, 0.25) is 0 Å². The van der Waals surface area contributed by atoms with Crippen LogP contribution in [0.4, 0.5) is 0 Å². The van der Waals surface area contributed by atoms with E-state index < -0.39 is 0 Å². The second kappa shape index (κ2) is 7.88. The monoisotopic (exact) mass is 342 g/mol. The first-order valence-corrected chi connectivity index (χ1v) is 8.60. The quantitative estimate of drug-likeness (QED) is 0.592. The molecule has 0 aliphatic heterocycles. The van der Waals surface area contributed by atoms with E-state index in [0.717, 1.165) is 28.4 Å². The number of benzene rings is 2. The van der Waals surface area contributed by atoms with Crippen molar-refractivity contribution in [3.05, 3.63) is 54.1 Å².